The molecular formula is C21H32O4. The lowest BCUT2D eigenvalue weighted by Gasteiger charge is -2.15. The van der Waals surface area contributed by atoms with Crippen molar-refractivity contribution >= 4 is 11.9 Å². The van der Waals surface area contributed by atoms with Crippen LogP contribution in [0.4, 0.5) is 0 Å². The molecule has 4 nitrogen and oxygen atoms in total. The molecule has 0 unspecified atom stereocenters. The van der Waals surface area contributed by atoms with Gasteiger partial charge >= 0.3 is 11.9 Å². The Kier molecular flexibility index (Phi) is 9.90. The van der Waals surface area contributed by atoms with Crippen LogP contribution in [0.3, 0.4) is 0 Å². The van der Waals surface area contributed by atoms with E-state index < -0.39 is 11.9 Å². The second-order valence-electron chi connectivity index (χ2n) is 6.71. The monoisotopic (exact) mass is 348 g/mol. The highest BCUT2D eigenvalue weighted by atomic mass is 16.4. The first-order valence-electron chi connectivity index (χ1n) is 9.64. The van der Waals surface area contributed by atoms with Gasteiger partial charge in [0.05, 0.1) is 11.1 Å². The molecule has 0 fully saturated rings. The second kappa shape index (κ2) is 11.7. The van der Waals surface area contributed by atoms with Crippen molar-refractivity contribution in [2.45, 2.75) is 84.5 Å². The van der Waals surface area contributed by atoms with E-state index in [-0.39, 0.29) is 11.1 Å². The Morgan fingerprint density at radius 2 is 1.36 bits per heavy atom. The third-order valence-electron chi connectivity index (χ3n) is 4.65. The Morgan fingerprint density at radius 3 is 1.88 bits per heavy atom. The molecule has 0 aliphatic carbocycles. The molecule has 2 N–H and O–H groups in total. The van der Waals surface area contributed by atoms with E-state index in [4.69, 9.17) is 0 Å². The summed E-state index contributed by atoms with van der Waals surface area (Å²) >= 11 is 0. The van der Waals surface area contributed by atoms with E-state index >= 15 is 0 Å². The highest BCUT2D eigenvalue weighted by Gasteiger charge is 2.22. The van der Waals surface area contributed by atoms with Crippen molar-refractivity contribution in [2.75, 3.05) is 0 Å². The Morgan fingerprint density at radius 1 is 0.760 bits per heavy atom. The van der Waals surface area contributed by atoms with E-state index in [2.05, 4.69) is 6.92 Å². The fourth-order valence-corrected chi connectivity index (χ4v) is 3.34. The lowest BCUT2D eigenvalue weighted by molar-refractivity contribution is 0.0650. The number of unbranched alkanes of at least 4 members (excludes halogenated alkanes) is 7. The minimum absolute atomic E-state index is 0.0126. The standard InChI is InChI=1S/C21H32O4/c1-3-5-6-7-8-9-10-11-13-17-16(12-4-2)14-15-18(20(22)23)19(17)21(24)25/h14-15H,3-13H2,1-2H3,(H,22,23)(H,24,25). The number of hydrogen-bond acceptors (Lipinski definition) is 2. The van der Waals surface area contributed by atoms with Crippen molar-refractivity contribution in [3.63, 3.8) is 0 Å². The summed E-state index contributed by atoms with van der Waals surface area (Å²) in [5.74, 6) is -2.30. The molecule has 1 rings (SSSR count). The molecule has 0 aromatic heterocycles. The van der Waals surface area contributed by atoms with Crippen molar-refractivity contribution in [1.82, 2.24) is 0 Å². The average molecular weight is 348 g/mol. The van der Waals surface area contributed by atoms with Gasteiger partial charge in [0.25, 0.3) is 0 Å². The van der Waals surface area contributed by atoms with E-state index in [0.717, 1.165) is 43.2 Å². The third kappa shape index (κ3) is 6.89. The summed E-state index contributed by atoms with van der Waals surface area (Å²) < 4.78 is 0. The summed E-state index contributed by atoms with van der Waals surface area (Å²) in [5, 5.41) is 18.9. The molecule has 0 heterocycles. The van der Waals surface area contributed by atoms with E-state index in [1.165, 1.54) is 38.2 Å². The van der Waals surface area contributed by atoms with E-state index in [0.29, 0.717) is 6.42 Å². The molecule has 25 heavy (non-hydrogen) atoms. The van der Waals surface area contributed by atoms with Crippen molar-refractivity contribution in [2.24, 2.45) is 0 Å². The molecule has 0 bridgehead atoms. The van der Waals surface area contributed by atoms with Crippen molar-refractivity contribution in [1.29, 1.82) is 0 Å². The zero-order valence-corrected chi connectivity index (χ0v) is 15.6. The maximum atomic E-state index is 11.7. The van der Waals surface area contributed by atoms with Gasteiger partial charge in [-0.25, -0.2) is 9.59 Å². The SMILES string of the molecule is CCCCCCCCCCc1c(CCC)ccc(C(=O)O)c1C(=O)O. The largest absolute Gasteiger partial charge is 0.478 e. The summed E-state index contributed by atoms with van der Waals surface area (Å²) in [4.78, 5) is 23.1. The summed E-state index contributed by atoms with van der Waals surface area (Å²) in [5.41, 5.74) is 1.59. The predicted molar refractivity (Wildman–Crippen MR) is 101 cm³/mol. The van der Waals surface area contributed by atoms with E-state index in [1.54, 1.807) is 6.07 Å². The molecular weight excluding hydrogens is 316 g/mol. The normalized spacial score (nSPS) is 10.8. The maximum absolute atomic E-state index is 11.7. The Labute approximate surface area is 151 Å². The third-order valence-corrected chi connectivity index (χ3v) is 4.65. The van der Waals surface area contributed by atoms with Gasteiger partial charge in [-0.2, -0.15) is 0 Å². The first-order chi connectivity index (χ1) is 12.0. The van der Waals surface area contributed by atoms with Gasteiger partial charge in [-0.05, 0) is 36.5 Å². The van der Waals surface area contributed by atoms with E-state index in [1.807, 2.05) is 6.92 Å². The number of carbonyl (C=O) groups is 2. The zero-order valence-electron chi connectivity index (χ0n) is 15.6. The number of aryl methyl sites for hydroxylation is 1. The molecule has 0 aliphatic rings. The van der Waals surface area contributed by atoms with Crippen LogP contribution in [0.5, 0.6) is 0 Å². The van der Waals surface area contributed by atoms with Crippen molar-refractivity contribution in [3.8, 4) is 0 Å². The molecule has 0 spiro atoms. The van der Waals surface area contributed by atoms with Gasteiger partial charge in [-0.3, -0.25) is 0 Å². The predicted octanol–water partition coefficient (Wildman–Crippen LogP) is 5.72. The van der Waals surface area contributed by atoms with Crippen LogP contribution in [0, 0.1) is 0 Å². The summed E-state index contributed by atoms with van der Waals surface area (Å²) in [6.07, 6.45) is 11.8. The second-order valence-corrected chi connectivity index (χ2v) is 6.71. The summed E-state index contributed by atoms with van der Waals surface area (Å²) in [6, 6.07) is 3.23. The van der Waals surface area contributed by atoms with Crippen LogP contribution in [0.1, 0.15) is 103 Å². The lowest BCUT2D eigenvalue weighted by atomic mass is 9.90. The summed E-state index contributed by atoms with van der Waals surface area (Å²) in [7, 11) is 0. The molecule has 0 saturated heterocycles. The van der Waals surface area contributed by atoms with Gasteiger partial charge in [-0.15, -0.1) is 0 Å². The average Bonchev–Trinajstić information content (AvgIpc) is 2.57. The van der Waals surface area contributed by atoms with Crippen LogP contribution in [0.15, 0.2) is 12.1 Å². The molecule has 0 radical (unpaired) electrons. The van der Waals surface area contributed by atoms with Gasteiger partial charge in [0.15, 0.2) is 0 Å². The van der Waals surface area contributed by atoms with Gasteiger partial charge in [-0.1, -0.05) is 71.3 Å². The van der Waals surface area contributed by atoms with Gasteiger partial charge in [0.2, 0.25) is 0 Å². The van der Waals surface area contributed by atoms with Crippen molar-refractivity contribution < 1.29 is 19.8 Å². The molecule has 0 saturated carbocycles. The first kappa shape index (κ1) is 21.2. The number of carboxylic acid groups (broad SMARTS) is 2. The molecule has 0 amide bonds. The highest BCUT2D eigenvalue weighted by Crippen LogP contribution is 2.24. The molecule has 0 atom stereocenters. The molecule has 1 aromatic rings. The smallest absolute Gasteiger partial charge is 0.336 e. The molecule has 0 aliphatic heterocycles. The lowest BCUT2D eigenvalue weighted by Crippen LogP contribution is -2.14. The zero-order chi connectivity index (χ0) is 18.7. The molecule has 140 valence electrons. The summed E-state index contributed by atoms with van der Waals surface area (Å²) in [6.45, 7) is 4.25. The fraction of sp³-hybridized carbons (Fsp3) is 0.619. The van der Waals surface area contributed by atoms with Crippen LogP contribution < -0.4 is 0 Å². The Hall–Kier alpha value is -1.84. The first-order valence-corrected chi connectivity index (χ1v) is 9.64. The molecule has 1 aromatic carbocycles. The number of hydrogen-bond donors (Lipinski definition) is 2. The number of benzene rings is 1. The topological polar surface area (TPSA) is 74.6 Å². The van der Waals surface area contributed by atoms with Gasteiger partial charge in [0, 0.05) is 0 Å². The number of rotatable bonds is 13. The highest BCUT2D eigenvalue weighted by molar-refractivity contribution is 6.03. The Balaban J connectivity index is 2.76. The quantitative estimate of drug-likeness (QED) is 0.447. The minimum atomic E-state index is -1.17. The Bertz CT molecular complexity index is 563. The number of carboxylic acids is 2. The minimum Gasteiger partial charge on any atom is -0.478 e. The van der Waals surface area contributed by atoms with Gasteiger partial charge < -0.3 is 10.2 Å². The fourth-order valence-electron chi connectivity index (χ4n) is 3.34. The molecule has 4 heteroatoms. The van der Waals surface area contributed by atoms with E-state index in [9.17, 15) is 19.8 Å². The maximum Gasteiger partial charge on any atom is 0.336 e. The van der Waals surface area contributed by atoms with Crippen LogP contribution in [-0.2, 0) is 12.8 Å². The van der Waals surface area contributed by atoms with Crippen LogP contribution in [0.2, 0.25) is 0 Å². The van der Waals surface area contributed by atoms with Crippen molar-refractivity contribution in [3.05, 3.63) is 34.4 Å². The van der Waals surface area contributed by atoms with Gasteiger partial charge in [0.1, 0.15) is 0 Å². The number of aromatic carboxylic acids is 2. The van der Waals surface area contributed by atoms with Crippen LogP contribution in [0.25, 0.3) is 0 Å². The van der Waals surface area contributed by atoms with Crippen LogP contribution >= 0.6 is 0 Å². The van der Waals surface area contributed by atoms with Crippen LogP contribution in [-0.4, -0.2) is 22.2 Å².